The lowest BCUT2D eigenvalue weighted by Gasteiger charge is -2.18. The molecule has 1 aliphatic rings. The van der Waals surface area contributed by atoms with Gasteiger partial charge in [-0.3, -0.25) is 4.79 Å². The Morgan fingerprint density at radius 3 is 2.52 bits per heavy atom. The Morgan fingerprint density at radius 1 is 1.10 bits per heavy atom. The van der Waals surface area contributed by atoms with Gasteiger partial charge >= 0.3 is 0 Å². The molecule has 3 nitrogen and oxygen atoms in total. The van der Waals surface area contributed by atoms with Gasteiger partial charge in [-0.05, 0) is 23.6 Å². The Balaban J connectivity index is 1.91. The molecule has 0 bridgehead atoms. The number of amides is 1. The highest BCUT2D eigenvalue weighted by Crippen LogP contribution is 2.26. The van der Waals surface area contributed by atoms with Crippen LogP contribution in [0.5, 0.6) is 0 Å². The number of carbonyl (C=O) groups is 1. The van der Waals surface area contributed by atoms with Gasteiger partial charge in [0.2, 0.25) is 0 Å². The van der Waals surface area contributed by atoms with Crippen molar-refractivity contribution < 1.29 is 9.90 Å². The number of aliphatic hydroxyl groups excluding tert-OH is 1. The molecule has 21 heavy (non-hydrogen) atoms. The number of rotatable bonds is 3. The molecular formula is C18H19NO2. The van der Waals surface area contributed by atoms with Gasteiger partial charge in [0, 0.05) is 31.2 Å². The average molecular weight is 281 g/mol. The van der Waals surface area contributed by atoms with Crippen molar-refractivity contribution in [3.05, 3.63) is 60.2 Å². The second kappa shape index (κ2) is 6.10. The highest BCUT2D eigenvalue weighted by atomic mass is 16.3. The molecule has 0 radical (unpaired) electrons. The van der Waals surface area contributed by atoms with E-state index >= 15 is 0 Å². The molecule has 3 rings (SSSR count). The molecule has 1 amide bonds. The van der Waals surface area contributed by atoms with Crippen molar-refractivity contribution in [3.8, 4) is 11.1 Å². The van der Waals surface area contributed by atoms with E-state index in [4.69, 9.17) is 0 Å². The number of likely N-dealkylation sites (tertiary alicyclic amines) is 1. The van der Waals surface area contributed by atoms with E-state index in [-0.39, 0.29) is 18.4 Å². The molecule has 0 aromatic heterocycles. The van der Waals surface area contributed by atoms with Crippen molar-refractivity contribution in [3.63, 3.8) is 0 Å². The molecule has 1 heterocycles. The normalized spacial score (nSPS) is 18.0. The Morgan fingerprint density at radius 2 is 1.81 bits per heavy atom. The standard InChI is InChI=1S/C18H19NO2/c20-13-14-10-11-19(12-14)18(21)17-9-5-4-8-16(17)15-6-2-1-3-7-15/h1-9,14,20H,10-13H2. The van der Waals surface area contributed by atoms with Crippen LogP contribution in [0.25, 0.3) is 11.1 Å². The molecule has 2 aromatic rings. The summed E-state index contributed by atoms with van der Waals surface area (Å²) in [5, 5.41) is 9.23. The number of carbonyl (C=O) groups excluding carboxylic acids is 1. The monoisotopic (exact) mass is 281 g/mol. The van der Waals surface area contributed by atoms with Gasteiger partial charge in [0.25, 0.3) is 5.91 Å². The summed E-state index contributed by atoms with van der Waals surface area (Å²) < 4.78 is 0. The molecule has 108 valence electrons. The summed E-state index contributed by atoms with van der Waals surface area (Å²) in [4.78, 5) is 14.6. The first-order chi connectivity index (χ1) is 10.3. The Labute approximate surface area is 124 Å². The fourth-order valence-electron chi connectivity index (χ4n) is 2.88. The van der Waals surface area contributed by atoms with Gasteiger partial charge in [-0.2, -0.15) is 0 Å². The van der Waals surface area contributed by atoms with E-state index < -0.39 is 0 Å². The molecule has 1 fully saturated rings. The van der Waals surface area contributed by atoms with Crippen molar-refractivity contribution in [1.82, 2.24) is 4.90 Å². The van der Waals surface area contributed by atoms with Crippen LogP contribution in [0.1, 0.15) is 16.8 Å². The molecule has 1 saturated heterocycles. The number of nitrogens with zero attached hydrogens (tertiary/aromatic N) is 1. The third kappa shape index (κ3) is 2.83. The maximum Gasteiger partial charge on any atom is 0.254 e. The summed E-state index contributed by atoms with van der Waals surface area (Å²) in [5.41, 5.74) is 2.76. The van der Waals surface area contributed by atoms with Gasteiger partial charge in [0.15, 0.2) is 0 Å². The van der Waals surface area contributed by atoms with Crippen LogP contribution < -0.4 is 0 Å². The first-order valence-corrected chi connectivity index (χ1v) is 7.34. The van der Waals surface area contributed by atoms with Gasteiger partial charge in [-0.15, -0.1) is 0 Å². The SMILES string of the molecule is O=C(c1ccccc1-c1ccccc1)N1CCC(CO)C1. The zero-order valence-corrected chi connectivity index (χ0v) is 11.9. The maximum atomic E-state index is 12.7. The van der Waals surface area contributed by atoms with Crippen LogP contribution in [0.15, 0.2) is 54.6 Å². The summed E-state index contributed by atoms with van der Waals surface area (Å²) >= 11 is 0. The summed E-state index contributed by atoms with van der Waals surface area (Å²) in [6, 6.07) is 17.7. The van der Waals surface area contributed by atoms with E-state index in [1.165, 1.54) is 0 Å². The minimum absolute atomic E-state index is 0.0606. The second-order valence-electron chi connectivity index (χ2n) is 5.50. The van der Waals surface area contributed by atoms with Crippen molar-refractivity contribution in [2.45, 2.75) is 6.42 Å². The van der Waals surface area contributed by atoms with Crippen LogP contribution >= 0.6 is 0 Å². The van der Waals surface area contributed by atoms with E-state index in [0.717, 1.165) is 29.7 Å². The van der Waals surface area contributed by atoms with Crippen molar-refractivity contribution >= 4 is 5.91 Å². The molecular weight excluding hydrogens is 262 g/mol. The van der Waals surface area contributed by atoms with Crippen LogP contribution in [0.2, 0.25) is 0 Å². The van der Waals surface area contributed by atoms with Gasteiger partial charge in [0.05, 0.1) is 0 Å². The van der Waals surface area contributed by atoms with Crippen molar-refractivity contribution in [2.24, 2.45) is 5.92 Å². The van der Waals surface area contributed by atoms with E-state index in [1.54, 1.807) is 0 Å². The number of hydrogen-bond acceptors (Lipinski definition) is 2. The predicted molar refractivity (Wildman–Crippen MR) is 83.0 cm³/mol. The minimum Gasteiger partial charge on any atom is -0.396 e. The fraction of sp³-hybridized carbons (Fsp3) is 0.278. The predicted octanol–water partition coefficient (Wildman–Crippen LogP) is 2.81. The number of aliphatic hydroxyl groups is 1. The van der Waals surface area contributed by atoms with Crippen molar-refractivity contribution in [1.29, 1.82) is 0 Å². The maximum absolute atomic E-state index is 12.7. The molecule has 1 unspecified atom stereocenters. The average Bonchev–Trinajstić information content (AvgIpc) is 3.04. The Bertz CT molecular complexity index is 624. The van der Waals surface area contributed by atoms with E-state index in [0.29, 0.717) is 6.54 Å². The zero-order chi connectivity index (χ0) is 14.7. The smallest absolute Gasteiger partial charge is 0.254 e. The van der Waals surface area contributed by atoms with Crippen LogP contribution in [-0.2, 0) is 0 Å². The highest BCUT2D eigenvalue weighted by Gasteiger charge is 2.27. The lowest BCUT2D eigenvalue weighted by Crippen LogP contribution is -2.29. The summed E-state index contributed by atoms with van der Waals surface area (Å²) in [6.45, 7) is 1.54. The van der Waals surface area contributed by atoms with Gasteiger partial charge in [0.1, 0.15) is 0 Å². The zero-order valence-electron chi connectivity index (χ0n) is 11.9. The number of benzene rings is 2. The highest BCUT2D eigenvalue weighted by molar-refractivity contribution is 6.01. The van der Waals surface area contributed by atoms with Gasteiger partial charge < -0.3 is 10.0 Å². The lowest BCUT2D eigenvalue weighted by molar-refractivity contribution is 0.0782. The molecule has 1 atom stereocenters. The molecule has 0 saturated carbocycles. The van der Waals surface area contributed by atoms with E-state index in [2.05, 4.69) is 0 Å². The Hall–Kier alpha value is -2.13. The third-order valence-corrected chi connectivity index (χ3v) is 4.07. The Kier molecular flexibility index (Phi) is 4.02. The lowest BCUT2D eigenvalue weighted by atomic mass is 9.99. The fourth-order valence-corrected chi connectivity index (χ4v) is 2.88. The molecule has 2 aromatic carbocycles. The summed E-state index contributed by atoms with van der Waals surface area (Å²) in [5.74, 6) is 0.281. The third-order valence-electron chi connectivity index (χ3n) is 4.07. The summed E-state index contributed by atoms with van der Waals surface area (Å²) in [6.07, 6.45) is 0.885. The minimum atomic E-state index is 0.0606. The number of hydrogen-bond donors (Lipinski definition) is 1. The van der Waals surface area contributed by atoms with Gasteiger partial charge in [-0.1, -0.05) is 48.5 Å². The first-order valence-electron chi connectivity index (χ1n) is 7.34. The molecule has 0 aliphatic carbocycles. The second-order valence-corrected chi connectivity index (χ2v) is 5.50. The van der Waals surface area contributed by atoms with Gasteiger partial charge in [-0.25, -0.2) is 0 Å². The van der Waals surface area contributed by atoms with Crippen LogP contribution in [0, 0.1) is 5.92 Å². The van der Waals surface area contributed by atoms with Crippen LogP contribution in [-0.4, -0.2) is 35.6 Å². The first kappa shape index (κ1) is 13.8. The molecule has 1 N–H and O–H groups in total. The van der Waals surface area contributed by atoms with E-state index in [9.17, 15) is 9.90 Å². The molecule has 3 heteroatoms. The largest absolute Gasteiger partial charge is 0.396 e. The molecule has 0 spiro atoms. The van der Waals surface area contributed by atoms with Crippen LogP contribution in [0.3, 0.4) is 0 Å². The summed E-state index contributed by atoms with van der Waals surface area (Å²) in [7, 11) is 0. The van der Waals surface area contributed by atoms with Crippen LogP contribution in [0.4, 0.5) is 0 Å². The molecule has 1 aliphatic heterocycles. The van der Waals surface area contributed by atoms with E-state index in [1.807, 2.05) is 59.5 Å². The van der Waals surface area contributed by atoms with Crippen molar-refractivity contribution in [2.75, 3.05) is 19.7 Å². The quantitative estimate of drug-likeness (QED) is 0.940. The topological polar surface area (TPSA) is 40.5 Å².